The third kappa shape index (κ3) is 4.14. The first kappa shape index (κ1) is 20.3. The number of fused-ring (bicyclic) bond motifs is 2. The van der Waals surface area contributed by atoms with E-state index in [-0.39, 0.29) is 24.1 Å². The molecular formula is C22H27N5O3. The second-order valence-corrected chi connectivity index (χ2v) is 7.71. The van der Waals surface area contributed by atoms with Gasteiger partial charge in [-0.3, -0.25) is 9.59 Å². The van der Waals surface area contributed by atoms with Crippen LogP contribution in [0.1, 0.15) is 42.9 Å². The molecule has 0 radical (unpaired) electrons. The molecule has 2 heterocycles. The molecule has 1 N–H and O–H groups in total. The normalized spacial score (nSPS) is 14.5. The Kier molecular flexibility index (Phi) is 5.94. The van der Waals surface area contributed by atoms with Crippen molar-refractivity contribution < 1.29 is 9.53 Å². The van der Waals surface area contributed by atoms with E-state index < -0.39 is 0 Å². The molecule has 8 nitrogen and oxygen atoms in total. The van der Waals surface area contributed by atoms with Crippen LogP contribution in [0.2, 0.25) is 0 Å². The third-order valence-electron chi connectivity index (χ3n) is 5.54. The van der Waals surface area contributed by atoms with Crippen molar-refractivity contribution in [2.24, 2.45) is 0 Å². The molecule has 3 aromatic rings. The summed E-state index contributed by atoms with van der Waals surface area (Å²) < 4.78 is 8.56. The summed E-state index contributed by atoms with van der Waals surface area (Å²) in [4.78, 5) is 29.8. The SMILES string of the molecule is COCCn1c(C(C)NC(=O)Cn2nc3c(cc2=O)CCCC3)nc2ccccc21. The molecule has 1 aliphatic rings. The standard InChI is InChI=1S/C22H27N5O3/c1-15(22-24-18-9-5-6-10-19(18)26(22)11-12-30-2)23-20(28)14-27-21(29)13-16-7-3-4-8-17(16)25-27/h5-6,9-10,13,15H,3-4,7-8,11-12,14H2,1-2H3,(H,23,28). The number of carbonyl (C=O) groups excluding carboxylic acids is 1. The number of amides is 1. The molecule has 4 rings (SSSR count). The summed E-state index contributed by atoms with van der Waals surface area (Å²) in [5, 5.41) is 7.40. The molecule has 1 atom stereocenters. The minimum absolute atomic E-state index is 0.102. The largest absolute Gasteiger partial charge is 0.383 e. The van der Waals surface area contributed by atoms with Gasteiger partial charge in [-0.05, 0) is 50.3 Å². The summed E-state index contributed by atoms with van der Waals surface area (Å²) in [6.45, 7) is 2.97. The smallest absolute Gasteiger partial charge is 0.267 e. The van der Waals surface area contributed by atoms with Crippen LogP contribution in [0.3, 0.4) is 0 Å². The lowest BCUT2D eigenvalue weighted by atomic mass is 9.97. The Morgan fingerprint density at radius 2 is 2.07 bits per heavy atom. The van der Waals surface area contributed by atoms with Gasteiger partial charge in [0.15, 0.2) is 0 Å². The van der Waals surface area contributed by atoms with Crippen LogP contribution in [0, 0.1) is 0 Å². The van der Waals surface area contributed by atoms with Crippen molar-refractivity contribution in [3.05, 3.63) is 57.8 Å². The number of hydrogen-bond donors (Lipinski definition) is 1. The summed E-state index contributed by atoms with van der Waals surface area (Å²) in [7, 11) is 1.66. The van der Waals surface area contributed by atoms with Crippen molar-refractivity contribution in [2.75, 3.05) is 13.7 Å². The molecular weight excluding hydrogens is 382 g/mol. The van der Waals surface area contributed by atoms with Crippen molar-refractivity contribution in [1.82, 2.24) is 24.6 Å². The summed E-state index contributed by atoms with van der Waals surface area (Å²) >= 11 is 0. The van der Waals surface area contributed by atoms with Crippen molar-refractivity contribution in [2.45, 2.75) is 51.7 Å². The van der Waals surface area contributed by atoms with Gasteiger partial charge in [0, 0.05) is 19.7 Å². The highest BCUT2D eigenvalue weighted by Crippen LogP contribution is 2.21. The van der Waals surface area contributed by atoms with Gasteiger partial charge >= 0.3 is 0 Å². The highest BCUT2D eigenvalue weighted by Gasteiger charge is 2.20. The molecule has 0 saturated heterocycles. The first-order chi connectivity index (χ1) is 14.6. The van der Waals surface area contributed by atoms with Crippen molar-refractivity contribution in [3.63, 3.8) is 0 Å². The molecule has 0 bridgehead atoms. The molecule has 8 heteroatoms. The number of nitrogens with one attached hydrogen (secondary N) is 1. The number of methoxy groups -OCH3 is 1. The van der Waals surface area contributed by atoms with E-state index in [0.717, 1.165) is 53.8 Å². The molecule has 30 heavy (non-hydrogen) atoms. The summed E-state index contributed by atoms with van der Waals surface area (Å²) in [6.07, 6.45) is 3.90. The van der Waals surface area contributed by atoms with Crippen molar-refractivity contribution in [1.29, 1.82) is 0 Å². The lowest BCUT2D eigenvalue weighted by molar-refractivity contribution is -0.122. The maximum atomic E-state index is 12.7. The summed E-state index contributed by atoms with van der Waals surface area (Å²) in [5.41, 5.74) is 3.59. The minimum Gasteiger partial charge on any atom is -0.383 e. The minimum atomic E-state index is -0.324. The van der Waals surface area contributed by atoms with Gasteiger partial charge in [-0.15, -0.1) is 0 Å². The number of nitrogens with zero attached hydrogens (tertiary/aromatic N) is 4. The van der Waals surface area contributed by atoms with Gasteiger partial charge in [-0.25, -0.2) is 9.67 Å². The fourth-order valence-corrected chi connectivity index (χ4v) is 4.04. The van der Waals surface area contributed by atoms with Gasteiger partial charge in [0.1, 0.15) is 12.4 Å². The first-order valence-electron chi connectivity index (χ1n) is 10.4. The number of aryl methyl sites for hydroxylation is 2. The first-order valence-corrected chi connectivity index (χ1v) is 10.4. The number of benzene rings is 1. The second kappa shape index (κ2) is 8.79. The Labute approximate surface area is 174 Å². The van der Waals surface area contributed by atoms with Gasteiger partial charge in [0.2, 0.25) is 5.91 Å². The van der Waals surface area contributed by atoms with E-state index in [2.05, 4.69) is 15.0 Å². The fourth-order valence-electron chi connectivity index (χ4n) is 4.04. The molecule has 0 saturated carbocycles. The topological polar surface area (TPSA) is 91.0 Å². The van der Waals surface area contributed by atoms with Crippen molar-refractivity contribution >= 4 is 16.9 Å². The maximum Gasteiger partial charge on any atom is 0.267 e. The highest BCUT2D eigenvalue weighted by atomic mass is 16.5. The lowest BCUT2D eigenvalue weighted by Gasteiger charge is -2.18. The van der Waals surface area contributed by atoms with E-state index in [0.29, 0.717) is 13.2 Å². The van der Waals surface area contributed by atoms with E-state index in [1.807, 2.05) is 31.2 Å². The van der Waals surface area contributed by atoms with E-state index >= 15 is 0 Å². The molecule has 0 fully saturated rings. The highest BCUT2D eigenvalue weighted by molar-refractivity contribution is 5.78. The number of hydrogen-bond acceptors (Lipinski definition) is 5. The van der Waals surface area contributed by atoms with Crippen LogP contribution in [0.15, 0.2) is 35.1 Å². The number of carbonyl (C=O) groups is 1. The Bertz CT molecular complexity index is 1120. The average molecular weight is 409 g/mol. The number of imidazole rings is 1. The number of aromatic nitrogens is 4. The molecule has 2 aromatic heterocycles. The van der Waals surface area contributed by atoms with E-state index in [1.165, 1.54) is 4.68 Å². The monoisotopic (exact) mass is 409 g/mol. The van der Waals surface area contributed by atoms with Gasteiger partial charge in [-0.2, -0.15) is 5.10 Å². The Hall–Kier alpha value is -3.00. The molecule has 1 unspecified atom stereocenters. The van der Waals surface area contributed by atoms with Crippen molar-refractivity contribution in [3.8, 4) is 0 Å². The molecule has 158 valence electrons. The fraction of sp³-hybridized carbons (Fsp3) is 0.455. The second-order valence-electron chi connectivity index (χ2n) is 7.71. The molecule has 1 aliphatic carbocycles. The van der Waals surface area contributed by atoms with Crippen LogP contribution in [0.4, 0.5) is 0 Å². The van der Waals surface area contributed by atoms with Crippen LogP contribution in [-0.4, -0.2) is 39.0 Å². The zero-order valence-corrected chi connectivity index (χ0v) is 17.4. The van der Waals surface area contributed by atoms with Gasteiger partial charge < -0.3 is 14.6 Å². The molecule has 0 spiro atoms. The van der Waals surface area contributed by atoms with Gasteiger partial charge in [0.25, 0.3) is 5.56 Å². The quantitative estimate of drug-likeness (QED) is 0.644. The van der Waals surface area contributed by atoms with E-state index in [1.54, 1.807) is 13.2 Å². The number of rotatable bonds is 7. The summed E-state index contributed by atoms with van der Waals surface area (Å²) in [6, 6.07) is 9.17. The maximum absolute atomic E-state index is 12.7. The Balaban J connectivity index is 1.52. The molecule has 0 aliphatic heterocycles. The van der Waals surface area contributed by atoms with Gasteiger partial charge in [-0.1, -0.05) is 12.1 Å². The van der Waals surface area contributed by atoms with E-state index in [4.69, 9.17) is 9.72 Å². The molecule has 1 amide bonds. The van der Waals surface area contributed by atoms with Crippen LogP contribution in [0.5, 0.6) is 0 Å². The number of para-hydroxylation sites is 2. The average Bonchev–Trinajstić information content (AvgIpc) is 3.11. The van der Waals surface area contributed by atoms with Crippen LogP contribution in [0.25, 0.3) is 11.0 Å². The van der Waals surface area contributed by atoms with Crippen LogP contribution < -0.4 is 10.9 Å². The molecule has 1 aromatic carbocycles. The Morgan fingerprint density at radius 3 is 2.90 bits per heavy atom. The third-order valence-corrected chi connectivity index (χ3v) is 5.54. The van der Waals surface area contributed by atoms with E-state index in [9.17, 15) is 9.59 Å². The zero-order valence-electron chi connectivity index (χ0n) is 17.4. The lowest BCUT2D eigenvalue weighted by Crippen LogP contribution is -2.36. The summed E-state index contributed by atoms with van der Waals surface area (Å²) in [5.74, 6) is 0.491. The predicted molar refractivity (Wildman–Crippen MR) is 113 cm³/mol. The Morgan fingerprint density at radius 1 is 1.27 bits per heavy atom. The van der Waals surface area contributed by atoms with Crippen LogP contribution >= 0.6 is 0 Å². The van der Waals surface area contributed by atoms with Gasteiger partial charge in [0.05, 0.1) is 29.4 Å². The zero-order chi connectivity index (χ0) is 21.1. The predicted octanol–water partition coefficient (Wildman–Crippen LogP) is 2.00. The number of ether oxygens (including phenoxy) is 1. The van der Waals surface area contributed by atoms with Crippen LogP contribution in [-0.2, 0) is 35.5 Å².